The Hall–Kier alpha value is -0.960. The Balaban J connectivity index is 2.59. The van der Waals surface area contributed by atoms with Gasteiger partial charge in [-0.15, -0.1) is 0 Å². The van der Waals surface area contributed by atoms with Gasteiger partial charge in [-0.2, -0.15) is 0 Å². The van der Waals surface area contributed by atoms with Crippen molar-refractivity contribution < 1.29 is 0 Å². The summed E-state index contributed by atoms with van der Waals surface area (Å²) in [6.07, 6.45) is 0. The lowest BCUT2D eigenvalue weighted by Gasteiger charge is -1.99. The summed E-state index contributed by atoms with van der Waals surface area (Å²) in [5.41, 5.74) is 0. The molecule has 0 aliphatic rings. The standard InChI is InChI=1S/C12H8P2/c1-5-13-8-4-10-2-6-14-7-3-9(1)11(13)12(10)14/h1-8H. The Bertz CT molecular complexity index is 607. The summed E-state index contributed by atoms with van der Waals surface area (Å²) in [5, 5.41) is 6.23. The highest BCUT2D eigenvalue weighted by atomic mass is 31.1. The maximum Gasteiger partial charge on any atom is 0.0172 e. The maximum absolute atomic E-state index is 2.38. The quantitative estimate of drug-likeness (QED) is 0.379. The summed E-state index contributed by atoms with van der Waals surface area (Å²) in [5.74, 6) is 9.52. The van der Waals surface area contributed by atoms with Crippen LogP contribution in [0.3, 0.4) is 0 Å². The van der Waals surface area contributed by atoms with Gasteiger partial charge < -0.3 is 0 Å². The topological polar surface area (TPSA) is 0 Å². The molecule has 4 heterocycles. The molecule has 0 fully saturated rings. The zero-order chi connectivity index (χ0) is 9.12. The van der Waals surface area contributed by atoms with Crippen molar-refractivity contribution in [1.82, 2.24) is 0 Å². The van der Waals surface area contributed by atoms with E-state index in [0.29, 0.717) is 0 Å². The Kier molecular flexibility index (Phi) is 1.23. The van der Waals surface area contributed by atoms with Crippen molar-refractivity contribution in [3.8, 4) is 0 Å². The Morgan fingerprint density at radius 1 is 0.571 bits per heavy atom. The minimum Gasteiger partial charge on any atom is -0.0918 e. The predicted molar refractivity (Wildman–Crippen MR) is 66.5 cm³/mol. The van der Waals surface area contributed by atoms with Crippen molar-refractivity contribution in [2.75, 3.05) is 0 Å². The fourth-order valence-electron chi connectivity index (χ4n) is 2.28. The summed E-state index contributed by atoms with van der Waals surface area (Å²) in [4.78, 5) is 0. The Morgan fingerprint density at radius 3 is 1.29 bits per heavy atom. The lowest BCUT2D eigenvalue weighted by molar-refractivity contribution is 2.07. The van der Waals surface area contributed by atoms with Crippen LogP contribution < -0.4 is 0 Å². The van der Waals surface area contributed by atoms with E-state index in [0.717, 1.165) is 0 Å². The molecule has 4 aromatic heterocycles. The largest absolute Gasteiger partial charge is 0.0918 e. The summed E-state index contributed by atoms with van der Waals surface area (Å²) < 4.78 is 0. The second-order valence-corrected chi connectivity index (χ2v) is 7.40. The molecule has 0 aliphatic heterocycles. The van der Waals surface area contributed by atoms with Gasteiger partial charge in [0.05, 0.1) is 0 Å². The molecule has 14 heavy (non-hydrogen) atoms. The predicted octanol–water partition coefficient (Wildman–Crippen LogP) is 5.15. The molecule has 0 saturated heterocycles. The fourth-order valence-corrected chi connectivity index (χ4v) is 6.70. The molecular weight excluding hydrogens is 206 g/mol. The molecule has 66 valence electrons. The van der Waals surface area contributed by atoms with Crippen molar-refractivity contribution in [3.05, 3.63) is 47.5 Å². The Labute approximate surface area is 83.5 Å². The van der Waals surface area contributed by atoms with Crippen LogP contribution in [0, 0.1) is 0 Å². The number of rotatable bonds is 0. The van der Waals surface area contributed by atoms with Gasteiger partial charge in [-0.1, -0.05) is 14.7 Å². The van der Waals surface area contributed by atoms with Crippen LogP contribution in [0.1, 0.15) is 0 Å². The van der Waals surface area contributed by atoms with Gasteiger partial charge in [-0.05, 0) is 58.2 Å². The molecule has 4 rings (SSSR count). The van der Waals surface area contributed by atoms with E-state index in [-0.39, 0.29) is 14.7 Å². The normalized spacial score (nSPS) is 14.9. The van der Waals surface area contributed by atoms with Crippen molar-refractivity contribution in [3.63, 3.8) is 0 Å². The lowest BCUT2D eigenvalue weighted by Crippen LogP contribution is -1.63. The molecule has 0 atom stereocenters. The first-order chi connectivity index (χ1) is 6.93. The molecule has 0 saturated carbocycles. The average Bonchev–Trinajstić information content (AvgIpc) is 2.77. The first-order valence-electron chi connectivity index (χ1n) is 4.72. The zero-order valence-electron chi connectivity index (χ0n) is 7.51. The van der Waals surface area contributed by atoms with Gasteiger partial charge in [0, 0.05) is 10.2 Å². The van der Waals surface area contributed by atoms with Gasteiger partial charge in [0.2, 0.25) is 0 Å². The molecule has 0 amide bonds. The number of hydrogen-bond donors (Lipinski definition) is 0. The van der Waals surface area contributed by atoms with E-state index in [4.69, 9.17) is 0 Å². The van der Waals surface area contributed by atoms with Crippen LogP contribution in [-0.4, -0.2) is 0 Å². The molecule has 0 nitrogen and oxygen atoms in total. The molecule has 0 radical (unpaired) electrons. The van der Waals surface area contributed by atoms with Crippen LogP contribution in [0.25, 0.3) is 21.0 Å². The molecule has 0 spiro atoms. The van der Waals surface area contributed by atoms with Crippen LogP contribution >= 0.6 is 14.7 Å². The highest BCUT2D eigenvalue weighted by Crippen LogP contribution is 2.49. The second kappa shape index (κ2) is 2.34. The molecular formula is C12H8P2. The van der Waals surface area contributed by atoms with E-state index < -0.39 is 0 Å². The molecule has 0 aromatic carbocycles. The Morgan fingerprint density at radius 2 is 0.929 bits per heavy atom. The summed E-state index contributed by atoms with van der Waals surface area (Å²) >= 11 is 0. The van der Waals surface area contributed by atoms with Crippen LogP contribution in [0.15, 0.2) is 47.5 Å². The summed E-state index contributed by atoms with van der Waals surface area (Å²) in [6, 6.07) is 9.22. The molecule has 0 N–H and O–H groups in total. The SMILES string of the molecule is c1cp2ccc3ccp4ccc1c2c34. The van der Waals surface area contributed by atoms with Crippen molar-refractivity contribution >= 4 is 35.7 Å². The summed E-state index contributed by atoms with van der Waals surface area (Å²) in [7, 11) is -0.161. The second-order valence-electron chi connectivity index (χ2n) is 3.69. The van der Waals surface area contributed by atoms with Crippen molar-refractivity contribution in [2.24, 2.45) is 0 Å². The minimum absolute atomic E-state index is 0.0805. The minimum atomic E-state index is -0.0805. The third kappa shape index (κ3) is 0.730. The molecule has 0 bridgehead atoms. The van der Waals surface area contributed by atoms with Gasteiger partial charge in [-0.3, -0.25) is 0 Å². The first kappa shape index (κ1) is 7.35. The number of hydrogen-bond acceptors (Lipinski definition) is 0. The zero-order valence-corrected chi connectivity index (χ0v) is 9.30. The van der Waals surface area contributed by atoms with Crippen molar-refractivity contribution in [1.29, 1.82) is 0 Å². The van der Waals surface area contributed by atoms with Gasteiger partial charge in [0.15, 0.2) is 0 Å². The highest BCUT2D eigenvalue weighted by molar-refractivity contribution is 7.57. The van der Waals surface area contributed by atoms with E-state index in [1.807, 2.05) is 0 Å². The lowest BCUT2D eigenvalue weighted by atomic mass is 10.3. The van der Waals surface area contributed by atoms with Crippen LogP contribution in [0.4, 0.5) is 0 Å². The van der Waals surface area contributed by atoms with Crippen molar-refractivity contribution in [2.45, 2.75) is 0 Å². The third-order valence-electron chi connectivity index (χ3n) is 2.95. The van der Waals surface area contributed by atoms with E-state index >= 15 is 0 Å². The van der Waals surface area contributed by atoms with E-state index in [2.05, 4.69) is 47.5 Å². The highest BCUT2D eigenvalue weighted by Gasteiger charge is 2.07. The van der Waals surface area contributed by atoms with E-state index in [1.165, 1.54) is 10.8 Å². The third-order valence-corrected chi connectivity index (χ3v) is 7.00. The van der Waals surface area contributed by atoms with Gasteiger partial charge >= 0.3 is 0 Å². The van der Waals surface area contributed by atoms with Gasteiger partial charge in [0.1, 0.15) is 0 Å². The smallest absolute Gasteiger partial charge is 0.0172 e. The van der Waals surface area contributed by atoms with Crippen LogP contribution in [0.2, 0.25) is 0 Å². The molecule has 2 heteroatoms. The summed E-state index contributed by atoms with van der Waals surface area (Å²) in [6.45, 7) is 0. The first-order valence-corrected chi connectivity index (χ1v) is 7.68. The van der Waals surface area contributed by atoms with E-state index in [9.17, 15) is 0 Å². The monoisotopic (exact) mass is 214 g/mol. The van der Waals surface area contributed by atoms with Gasteiger partial charge in [0.25, 0.3) is 0 Å². The average molecular weight is 214 g/mol. The van der Waals surface area contributed by atoms with Crippen LogP contribution in [-0.2, 0) is 0 Å². The molecule has 0 aliphatic carbocycles. The van der Waals surface area contributed by atoms with E-state index in [1.54, 1.807) is 10.2 Å². The maximum atomic E-state index is 2.38. The van der Waals surface area contributed by atoms with Gasteiger partial charge in [-0.25, -0.2) is 0 Å². The molecule has 4 aromatic rings. The fraction of sp³-hybridized carbons (Fsp3) is 0. The van der Waals surface area contributed by atoms with Crippen LogP contribution in [0.5, 0.6) is 0 Å². The molecule has 0 unspecified atom stereocenters.